The van der Waals surface area contributed by atoms with E-state index in [1.807, 2.05) is 0 Å². The summed E-state index contributed by atoms with van der Waals surface area (Å²) in [7, 11) is 4.85. The Kier molecular flexibility index (Phi) is 11.3. The molecule has 0 aliphatic heterocycles. The Hall–Kier alpha value is -4.55. The maximum Gasteiger partial charge on any atom is 0.329 e. The van der Waals surface area contributed by atoms with Gasteiger partial charge in [0.05, 0.1) is 11.5 Å². The van der Waals surface area contributed by atoms with E-state index in [2.05, 4.69) is 37.2 Å². The molecular formula is C24H28N6O6. The predicted octanol–water partition coefficient (Wildman–Crippen LogP) is 4.28. The number of nitrogens with zero attached hydrogens (tertiary/aromatic N) is 3. The fourth-order valence-electron chi connectivity index (χ4n) is 2.67. The first-order valence-corrected chi connectivity index (χ1v) is 10.6. The minimum atomic E-state index is -0.582. The number of ether oxygens (including phenoxy) is 3. The van der Waals surface area contributed by atoms with Gasteiger partial charge in [0.1, 0.15) is 18.6 Å². The van der Waals surface area contributed by atoms with Gasteiger partial charge in [-0.1, -0.05) is 12.6 Å². The average molecular weight is 497 g/mol. The first-order valence-electron chi connectivity index (χ1n) is 10.6. The molecule has 0 spiro atoms. The van der Waals surface area contributed by atoms with Gasteiger partial charge in [0.25, 0.3) is 0 Å². The number of aromatic nitrogens is 2. The fourth-order valence-corrected chi connectivity index (χ4v) is 2.67. The molecule has 1 aromatic heterocycles. The highest BCUT2D eigenvalue weighted by molar-refractivity contribution is 5.99. The van der Waals surface area contributed by atoms with Crippen LogP contribution in [0.2, 0.25) is 0 Å². The molecule has 0 atom stereocenters. The lowest BCUT2D eigenvalue weighted by Gasteiger charge is -2.11. The number of methoxy groups -OCH3 is 2. The van der Waals surface area contributed by atoms with Crippen molar-refractivity contribution in [1.29, 1.82) is 0 Å². The largest absolute Gasteiger partial charge is 0.491 e. The van der Waals surface area contributed by atoms with Gasteiger partial charge in [0.2, 0.25) is 17.7 Å². The third-order valence-electron chi connectivity index (χ3n) is 4.21. The quantitative estimate of drug-likeness (QED) is 0.152. The molecule has 2 aromatic carbocycles. The van der Waals surface area contributed by atoms with Crippen LogP contribution in [-0.4, -0.2) is 55.3 Å². The second-order valence-corrected chi connectivity index (χ2v) is 6.98. The van der Waals surface area contributed by atoms with Crippen LogP contribution < -0.4 is 20.7 Å². The number of amides is 1. The lowest BCUT2D eigenvalue weighted by molar-refractivity contribution is -0.384. The highest BCUT2D eigenvalue weighted by Gasteiger charge is 2.18. The van der Waals surface area contributed by atoms with Gasteiger partial charge >= 0.3 is 5.69 Å². The van der Waals surface area contributed by atoms with Gasteiger partial charge in [0, 0.05) is 38.4 Å². The van der Waals surface area contributed by atoms with Crippen molar-refractivity contribution in [2.45, 2.75) is 0 Å². The molecule has 190 valence electrons. The van der Waals surface area contributed by atoms with Gasteiger partial charge in [-0.25, -0.2) is 4.98 Å². The van der Waals surface area contributed by atoms with E-state index in [1.165, 1.54) is 0 Å². The van der Waals surface area contributed by atoms with E-state index in [0.29, 0.717) is 36.0 Å². The molecule has 12 nitrogen and oxygen atoms in total. The van der Waals surface area contributed by atoms with Crippen LogP contribution in [0.25, 0.3) is 0 Å². The van der Waals surface area contributed by atoms with Crippen LogP contribution in [0.3, 0.4) is 0 Å². The lowest BCUT2D eigenvalue weighted by atomic mass is 10.2. The van der Waals surface area contributed by atoms with Gasteiger partial charge in [-0.2, -0.15) is 4.98 Å². The minimum absolute atomic E-state index is 0.00998. The molecule has 3 rings (SSSR count). The number of rotatable bonds is 11. The highest BCUT2D eigenvalue weighted by Crippen LogP contribution is 2.28. The number of carbonyl (C=O) groups is 1. The van der Waals surface area contributed by atoms with Crippen molar-refractivity contribution in [3.8, 4) is 5.75 Å². The molecule has 0 bridgehead atoms. The standard InChI is InChI=1S/C22H22N6O5.C2H6O/c1-3-20(29)24-16-5-4-6-17(13-16)25-21-19(28(30)31)14-23-22(27-21)26-15-7-9-18(10-8-15)33-12-11-32-2;1-3-2/h3-10,13-14H,1,11-12H2,2H3,(H,24,29)(H2,23,25,26,27);1-2H3. The van der Waals surface area contributed by atoms with Crippen molar-refractivity contribution in [1.82, 2.24) is 9.97 Å². The number of benzene rings is 2. The van der Waals surface area contributed by atoms with Crippen LogP contribution in [-0.2, 0) is 14.3 Å². The second-order valence-electron chi connectivity index (χ2n) is 6.98. The molecule has 0 saturated carbocycles. The van der Waals surface area contributed by atoms with E-state index < -0.39 is 4.92 Å². The van der Waals surface area contributed by atoms with Gasteiger partial charge in [0.15, 0.2) is 0 Å². The molecule has 3 N–H and O–H groups in total. The Morgan fingerprint density at radius 3 is 2.39 bits per heavy atom. The summed E-state index contributed by atoms with van der Waals surface area (Å²) in [4.78, 5) is 30.7. The summed E-state index contributed by atoms with van der Waals surface area (Å²) in [5.41, 5.74) is 1.35. The number of carbonyl (C=O) groups excluding carboxylic acids is 1. The van der Waals surface area contributed by atoms with E-state index in [1.54, 1.807) is 69.9 Å². The van der Waals surface area contributed by atoms with E-state index >= 15 is 0 Å². The van der Waals surface area contributed by atoms with Crippen molar-refractivity contribution < 1.29 is 23.9 Å². The van der Waals surface area contributed by atoms with Gasteiger partial charge in [-0.3, -0.25) is 14.9 Å². The molecular weight excluding hydrogens is 468 g/mol. The van der Waals surface area contributed by atoms with Gasteiger partial charge in [-0.05, 0) is 48.5 Å². The Morgan fingerprint density at radius 2 is 1.75 bits per heavy atom. The van der Waals surface area contributed by atoms with E-state index in [-0.39, 0.29) is 23.4 Å². The predicted molar refractivity (Wildman–Crippen MR) is 137 cm³/mol. The van der Waals surface area contributed by atoms with Gasteiger partial charge < -0.3 is 30.2 Å². The van der Waals surface area contributed by atoms with Crippen LogP contribution in [0.5, 0.6) is 5.75 Å². The molecule has 0 radical (unpaired) electrons. The Bertz CT molecular complexity index is 1160. The molecule has 12 heteroatoms. The topological polar surface area (TPSA) is 150 Å². The average Bonchev–Trinajstić information content (AvgIpc) is 2.86. The first kappa shape index (κ1) is 27.7. The first-order chi connectivity index (χ1) is 17.4. The summed E-state index contributed by atoms with van der Waals surface area (Å²) in [5, 5.41) is 20.0. The van der Waals surface area contributed by atoms with Crippen molar-refractivity contribution in [2.24, 2.45) is 0 Å². The van der Waals surface area contributed by atoms with Crippen LogP contribution >= 0.6 is 0 Å². The summed E-state index contributed by atoms with van der Waals surface area (Å²) < 4.78 is 14.7. The summed E-state index contributed by atoms with van der Waals surface area (Å²) in [5.74, 6) is 0.450. The van der Waals surface area contributed by atoms with Crippen molar-refractivity contribution in [3.63, 3.8) is 0 Å². The molecule has 1 amide bonds. The Labute approximate surface area is 208 Å². The normalized spacial score (nSPS) is 9.86. The zero-order chi connectivity index (χ0) is 26.3. The number of hydrogen-bond acceptors (Lipinski definition) is 10. The third kappa shape index (κ3) is 9.00. The molecule has 0 saturated heterocycles. The van der Waals surface area contributed by atoms with Crippen LogP contribution in [0.4, 0.5) is 34.5 Å². The van der Waals surface area contributed by atoms with E-state index in [4.69, 9.17) is 9.47 Å². The SMILES string of the molecule is C=CC(=O)Nc1cccc(Nc2nc(Nc3ccc(OCCOC)cc3)ncc2[N+](=O)[O-])c1.COC. The summed E-state index contributed by atoms with van der Waals surface area (Å²) in [6.07, 6.45) is 2.26. The molecule has 0 aliphatic carbocycles. The summed E-state index contributed by atoms with van der Waals surface area (Å²) >= 11 is 0. The van der Waals surface area contributed by atoms with Crippen LogP contribution in [0.1, 0.15) is 0 Å². The minimum Gasteiger partial charge on any atom is -0.491 e. The maximum absolute atomic E-state index is 11.5. The number of hydrogen-bond donors (Lipinski definition) is 3. The molecule has 1 heterocycles. The zero-order valence-electron chi connectivity index (χ0n) is 20.2. The Morgan fingerprint density at radius 1 is 1.06 bits per heavy atom. The molecule has 0 unspecified atom stereocenters. The lowest BCUT2D eigenvalue weighted by Crippen LogP contribution is -2.08. The number of anilines is 5. The van der Waals surface area contributed by atoms with Crippen molar-refractivity contribution >= 4 is 40.4 Å². The Balaban J connectivity index is 0.00000145. The van der Waals surface area contributed by atoms with E-state index in [9.17, 15) is 14.9 Å². The monoisotopic (exact) mass is 496 g/mol. The van der Waals surface area contributed by atoms with Crippen molar-refractivity contribution in [3.05, 3.63) is 77.5 Å². The van der Waals surface area contributed by atoms with Crippen LogP contribution in [0, 0.1) is 10.1 Å². The fraction of sp³-hybridized carbons (Fsp3) is 0.208. The second kappa shape index (κ2) is 14.7. The zero-order valence-corrected chi connectivity index (χ0v) is 20.2. The van der Waals surface area contributed by atoms with E-state index in [0.717, 1.165) is 12.3 Å². The maximum atomic E-state index is 11.5. The summed E-state index contributed by atoms with van der Waals surface area (Å²) in [6.45, 7) is 4.32. The molecule has 3 aromatic rings. The molecule has 0 fully saturated rings. The molecule has 0 aliphatic rings. The number of nitrogens with one attached hydrogen (secondary N) is 3. The highest BCUT2D eigenvalue weighted by atomic mass is 16.6. The third-order valence-corrected chi connectivity index (χ3v) is 4.21. The van der Waals surface area contributed by atoms with Gasteiger partial charge in [-0.15, -0.1) is 0 Å². The van der Waals surface area contributed by atoms with Crippen molar-refractivity contribution in [2.75, 3.05) is 50.5 Å². The van der Waals surface area contributed by atoms with Crippen LogP contribution in [0.15, 0.2) is 67.4 Å². The smallest absolute Gasteiger partial charge is 0.329 e. The summed E-state index contributed by atoms with van der Waals surface area (Å²) in [6, 6.07) is 13.7. The number of nitro groups is 1. The molecule has 36 heavy (non-hydrogen) atoms.